The smallest absolute Gasteiger partial charge is 0.275 e. The van der Waals surface area contributed by atoms with Crippen molar-refractivity contribution < 1.29 is 19.1 Å². The Morgan fingerprint density at radius 2 is 2.04 bits per heavy atom. The number of benzene rings is 1. The van der Waals surface area contributed by atoms with Crippen LogP contribution in [0.25, 0.3) is 0 Å². The van der Waals surface area contributed by atoms with Crippen LogP contribution >= 0.6 is 22.7 Å². The highest BCUT2D eigenvalue weighted by atomic mass is 32.1. The van der Waals surface area contributed by atoms with E-state index in [4.69, 9.17) is 15.2 Å². The Kier molecular flexibility index (Phi) is 4.42. The van der Waals surface area contributed by atoms with Gasteiger partial charge in [0.25, 0.3) is 11.8 Å². The molecule has 138 valence electrons. The normalized spacial score (nSPS) is 12.0. The number of amides is 2. The summed E-state index contributed by atoms with van der Waals surface area (Å²) >= 11 is 2.58. The van der Waals surface area contributed by atoms with Crippen molar-refractivity contribution in [1.82, 2.24) is 4.98 Å². The van der Waals surface area contributed by atoms with Gasteiger partial charge in [-0.3, -0.25) is 9.59 Å². The summed E-state index contributed by atoms with van der Waals surface area (Å²) in [5, 5.41) is 8.43. The monoisotopic (exact) mass is 402 g/mol. The van der Waals surface area contributed by atoms with Crippen molar-refractivity contribution in [2.24, 2.45) is 5.73 Å². The summed E-state index contributed by atoms with van der Waals surface area (Å²) in [6.45, 7) is 2.04. The minimum atomic E-state index is -0.585. The van der Waals surface area contributed by atoms with E-state index in [2.05, 4.69) is 15.6 Å². The van der Waals surface area contributed by atoms with E-state index in [1.807, 2.05) is 13.0 Å². The Morgan fingerprint density at radius 1 is 1.22 bits per heavy atom. The lowest BCUT2D eigenvalue weighted by Crippen LogP contribution is -2.16. The topological polar surface area (TPSA) is 116 Å². The number of hydrogen-bond acceptors (Lipinski definition) is 8. The van der Waals surface area contributed by atoms with E-state index in [0.717, 1.165) is 10.6 Å². The number of primary amides is 1. The molecule has 0 radical (unpaired) electrons. The third-order valence-electron chi connectivity index (χ3n) is 3.71. The summed E-state index contributed by atoms with van der Waals surface area (Å²) in [6.07, 6.45) is 0. The Hall–Kier alpha value is -3.11. The zero-order chi connectivity index (χ0) is 19.0. The number of thiophene rings is 1. The van der Waals surface area contributed by atoms with Crippen molar-refractivity contribution in [1.29, 1.82) is 0 Å². The predicted octanol–water partition coefficient (Wildman–Crippen LogP) is 3.34. The number of hydrogen-bond donors (Lipinski definition) is 3. The molecule has 0 aliphatic carbocycles. The van der Waals surface area contributed by atoms with Gasteiger partial charge in [0.2, 0.25) is 6.79 Å². The summed E-state index contributed by atoms with van der Waals surface area (Å²) in [7, 11) is 0. The van der Waals surface area contributed by atoms with Crippen molar-refractivity contribution in [3.05, 3.63) is 45.8 Å². The van der Waals surface area contributed by atoms with E-state index in [-0.39, 0.29) is 12.5 Å². The largest absolute Gasteiger partial charge is 0.454 e. The number of nitrogens with zero attached hydrogens (tertiary/aromatic N) is 1. The highest BCUT2D eigenvalue weighted by Crippen LogP contribution is 2.35. The van der Waals surface area contributed by atoms with Crippen LogP contribution in [0.2, 0.25) is 0 Å². The first kappa shape index (κ1) is 17.3. The number of ether oxygens (including phenoxy) is 2. The van der Waals surface area contributed by atoms with Gasteiger partial charge >= 0.3 is 0 Å². The zero-order valence-electron chi connectivity index (χ0n) is 14.1. The first-order valence-electron chi connectivity index (χ1n) is 7.83. The van der Waals surface area contributed by atoms with Gasteiger partial charge in [0.1, 0.15) is 10.7 Å². The van der Waals surface area contributed by atoms with Gasteiger partial charge in [-0.2, -0.15) is 0 Å². The van der Waals surface area contributed by atoms with Crippen molar-refractivity contribution in [2.75, 3.05) is 17.4 Å². The van der Waals surface area contributed by atoms with Crippen LogP contribution in [0, 0.1) is 6.92 Å². The molecular formula is C17H14N4O4S2. The molecule has 3 aromatic rings. The molecule has 4 rings (SSSR count). The number of nitrogens with two attached hydrogens (primary N) is 1. The number of anilines is 3. The van der Waals surface area contributed by atoms with Gasteiger partial charge in [-0.15, -0.1) is 22.7 Å². The number of rotatable bonds is 5. The Balaban J connectivity index is 1.47. The predicted molar refractivity (Wildman–Crippen MR) is 103 cm³/mol. The van der Waals surface area contributed by atoms with E-state index in [1.165, 1.54) is 22.7 Å². The molecule has 0 atom stereocenters. The molecule has 27 heavy (non-hydrogen) atoms. The molecule has 4 N–H and O–H groups in total. The maximum Gasteiger partial charge on any atom is 0.275 e. The lowest BCUT2D eigenvalue weighted by Gasteiger charge is -2.04. The van der Waals surface area contributed by atoms with Crippen LogP contribution in [0.4, 0.5) is 15.8 Å². The van der Waals surface area contributed by atoms with Crippen molar-refractivity contribution in [2.45, 2.75) is 6.92 Å². The molecule has 0 saturated heterocycles. The number of nitrogens with one attached hydrogen (secondary N) is 2. The molecule has 8 nitrogen and oxygen atoms in total. The zero-order valence-corrected chi connectivity index (χ0v) is 15.7. The second-order valence-electron chi connectivity index (χ2n) is 5.65. The van der Waals surface area contributed by atoms with Crippen LogP contribution in [0.5, 0.6) is 11.5 Å². The Bertz CT molecular complexity index is 1040. The fraction of sp³-hybridized carbons (Fsp3) is 0.118. The van der Waals surface area contributed by atoms with Crippen LogP contribution < -0.4 is 25.8 Å². The third-order valence-corrected chi connectivity index (χ3v) is 5.43. The van der Waals surface area contributed by atoms with Crippen molar-refractivity contribution in [3.63, 3.8) is 0 Å². The molecule has 0 saturated carbocycles. The van der Waals surface area contributed by atoms with E-state index in [0.29, 0.717) is 27.2 Å². The standard InChI is InChI=1S/C17H14N4O4S2/c1-8-4-10(14(18)22)16(27-8)21-15(23)11-6-26-17(20-11)19-9-2-3-12-13(5-9)25-7-24-12/h2-6H,7H2,1H3,(H2,18,22)(H,19,20)(H,21,23). The van der Waals surface area contributed by atoms with Crippen molar-refractivity contribution in [3.8, 4) is 11.5 Å². The fourth-order valence-electron chi connectivity index (χ4n) is 2.49. The summed E-state index contributed by atoms with van der Waals surface area (Å²) in [5.74, 6) is 0.352. The molecule has 0 spiro atoms. The average molecular weight is 402 g/mol. The highest BCUT2D eigenvalue weighted by Gasteiger charge is 2.18. The van der Waals surface area contributed by atoms with E-state index in [1.54, 1.807) is 23.6 Å². The number of fused-ring (bicyclic) bond motifs is 1. The van der Waals surface area contributed by atoms with Gasteiger partial charge in [0.05, 0.1) is 5.56 Å². The van der Waals surface area contributed by atoms with Gasteiger partial charge in [-0.05, 0) is 25.1 Å². The average Bonchev–Trinajstić information content (AvgIpc) is 3.34. The summed E-state index contributed by atoms with van der Waals surface area (Å²) < 4.78 is 10.6. The van der Waals surface area contributed by atoms with E-state index in [9.17, 15) is 9.59 Å². The number of thiazole rings is 1. The molecular weight excluding hydrogens is 388 g/mol. The molecule has 2 amide bonds. The molecule has 10 heteroatoms. The van der Waals surface area contributed by atoms with E-state index >= 15 is 0 Å². The molecule has 3 heterocycles. The molecule has 1 aliphatic heterocycles. The number of carbonyl (C=O) groups excluding carboxylic acids is 2. The van der Waals surface area contributed by atoms with E-state index < -0.39 is 11.8 Å². The Morgan fingerprint density at radius 3 is 2.85 bits per heavy atom. The summed E-state index contributed by atoms with van der Waals surface area (Å²) in [5.41, 5.74) is 6.65. The van der Waals surface area contributed by atoms with Gasteiger partial charge in [-0.25, -0.2) is 4.98 Å². The van der Waals surface area contributed by atoms with Crippen LogP contribution in [-0.4, -0.2) is 23.6 Å². The van der Waals surface area contributed by atoms with Crippen LogP contribution in [0.15, 0.2) is 29.6 Å². The molecule has 1 aromatic carbocycles. The van der Waals surface area contributed by atoms with Gasteiger partial charge in [0.15, 0.2) is 16.6 Å². The number of aryl methyl sites for hydroxylation is 1. The molecule has 0 fully saturated rings. The molecule has 1 aliphatic rings. The van der Waals surface area contributed by atoms with Gasteiger partial charge in [0, 0.05) is 22.0 Å². The second-order valence-corrected chi connectivity index (χ2v) is 7.76. The van der Waals surface area contributed by atoms with Crippen LogP contribution in [-0.2, 0) is 0 Å². The molecule has 0 unspecified atom stereocenters. The minimum absolute atomic E-state index is 0.204. The minimum Gasteiger partial charge on any atom is -0.454 e. The van der Waals surface area contributed by atoms with Crippen molar-refractivity contribution >= 4 is 50.3 Å². The maximum absolute atomic E-state index is 12.4. The highest BCUT2D eigenvalue weighted by molar-refractivity contribution is 7.16. The summed E-state index contributed by atoms with van der Waals surface area (Å²) in [4.78, 5) is 29.1. The third kappa shape index (κ3) is 3.57. The number of aromatic nitrogens is 1. The quantitative estimate of drug-likeness (QED) is 0.603. The number of carbonyl (C=O) groups is 2. The SMILES string of the molecule is Cc1cc(C(N)=O)c(NC(=O)c2csc(Nc3ccc4c(c3)OCO4)n2)s1. The lowest BCUT2D eigenvalue weighted by atomic mass is 10.3. The van der Waals surface area contributed by atoms with Crippen LogP contribution in [0.1, 0.15) is 25.7 Å². The first-order valence-corrected chi connectivity index (χ1v) is 9.53. The van der Waals surface area contributed by atoms with Gasteiger partial charge in [-0.1, -0.05) is 0 Å². The summed E-state index contributed by atoms with van der Waals surface area (Å²) in [6, 6.07) is 7.09. The maximum atomic E-state index is 12.4. The molecule has 0 bridgehead atoms. The van der Waals surface area contributed by atoms with Gasteiger partial charge < -0.3 is 25.8 Å². The molecule has 2 aromatic heterocycles. The first-order chi connectivity index (χ1) is 13.0. The lowest BCUT2D eigenvalue weighted by molar-refractivity contribution is 0.100. The van der Waals surface area contributed by atoms with Crippen LogP contribution in [0.3, 0.4) is 0 Å². The second kappa shape index (κ2) is 6.89. The fourth-order valence-corrected chi connectivity index (χ4v) is 4.11. The Labute approximate surface area is 161 Å².